The van der Waals surface area contributed by atoms with Crippen LogP contribution in [0.4, 0.5) is 10.1 Å². The number of nitrogens with one attached hydrogen (secondary N) is 1. The Balaban J connectivity index is 3.21. The molecule has 0 bridgehead atoms. The lowest BCUT2D eigenvalue weighted by molar-refractivity contribution is 0.0996. The predicted octanol–water partition coefficient (Wildman–Crippen LogP) is 1.73. The van der Waals surface area contributed by atoms with Gasteiger partial charge in [0.05, 0.1) is 22.0 Å². The third-order valence-corrected chi connectivity index (χ3v) is 3.87. The van der Waals surface area contributed by atoms with Crippen molar-refractivity contribution in [3.8, 4) is 0 Å². The molecule has 0 saturated heterocycles. The van der Waals surface area contributed by atoms with Crippen molar-refractivity contribution in [3.63, 3.8) is 0 Å². The standard InChI is InChI=1S/C10H12ClFN2O3S/c1-2-5-18(16,17)14-7-4-3-6(11)8(9(7)12)10(13)15/h3-4,14H,2,5H2,1H3,(H2,13,15). The number of rotatable bonds is 5. The number of hydrogen-bond donors (Lipinski definition) is 2. The molecule has 1 amide bonds. The Bertz CT molecular complexity index is 575. The minimum atomic E-state index is -3.65. The average Bonchev–Trinajstić information content (AvgIpc) is 2.21. The highest BCUT2D eigenvalue weighted by molar-refractivity contribution is 7.92. The van der Waals surface area contributed by atoms with Gasteiger partial charge in [0, 0.05) is 0 Å². The fourth-order valence-corrected chi connectivity index (χ4v) is 2.72. The van der Waals surface area contributed by atoms with E-state index >= 15 is 0 Å². The van der Waals surface area contributed by atoms with Crippen LogP contribution in [0.15, 0.2) is 12.1 Å². The van der Waals surface area contributed by atoms with Gasteiger partial charge in [-0.1, -0.05) is 18.5 Å². The summed E-state index contributed by atoms with van der Waals surface area (Å²) in [6, 6.07) is 2.34. The van der Waals surface area contributed by atoms with E-state index in [1.165, 1.54) is 6.07 Å². The highest BCUT2D eigenvalue weighted by Crippen LogP contribution is 2.26. The van der Waals surface area contributed by atoms with Crippen molar-refractivity contribution in [3.05, 3.63) is 28.5 Å². The zero-order valence-electron chi connectivity index (χ0n) is 9.54. The number of benzene rings is 1. The van der Waals surface area contributed by atoms with E-state index < -0.39 is 27.3 Å². The number of primary amides is 1. The maximum atomic E-state index is 13.8. The van der Waals surface area contributed by atoms with Gasteiger partial charge in [0.15, 0.2) is 5.82 Å². The molecule has 0 aromatic heterocycles. The highest BCUT2D eigenvalue weighted by Gasteiger charge is 2.19. The molecule has 0 saturated carbocycles. The van der Waals surface area contributed by atoms with E-state index in [-0.39, 0.29) is 16.5 Å². The smallest absolute Gasteiger partial charge is 0.253 e. The van der Waals surface area contributed by atoms with E-state index in [2.05, 4.69) is 0 Å². The summed E-state index contributed by atoms with van der Waals surface area (Å²) in [5.74, 6) is -2.29. The quantitative estimate of drug-likeness (QED) is 0.866. The van der Waals surface area contributed by atoms with Crippen LogP contribution < -0.4 is 10.5 Å². The molecule has 0 aliphatic rings. The first-order valence-electron chi connectivity index (χ1n) is 5.06. The molecule has 0 atom stereocenters. The summed E-state index contributed by atoms with van der Waals surface area (Å²) in [4.78, 5) is 11.0. The monoisotopic (exact) mass is 294 g/mol. The number of anilines is 1. The van der Waals surface area contributed by atoms with E-state index in [0.29, 0.717) is 6.42 Å². The second-order valence-electron chi connectivity index (χ2n) is 3.57. The van der Waals surface area contributed by atoms with E-state index in [1.54, 1.807) is 6.92 Å². The van der Waals surface area contributed by atoms with Crippen LogP contribution in [0, 0.1) is 5.82 Å². The second kappa shape index (κ2) is 5.53. The number of amides is 1. The zero-order chi connectivity index (χ0) is 13.9. The van der Waals surface area contributed by atoms with Crippen LogP contribution in [0.1, 0.15) is 23.7 Å². The van der Waals surface area contributed by atoms with Crippen LogP contribution in [-0.2, 0) is 10.0 Å². The van der Waals surface area contributed by atoms with Crippen LogP contribution in [0.5, 0.6) is 0 Å². The van der Waals surface area contributed by atoms with Crippen molar-refractivity contribution in [1.82, 2.24) is 0 Å². The Labute approximate surface area is 109 Å². The fourth-order valence-electron chi connectivity index (χ4n) is 1.34. The van der Waals surface area contributed by atoms with Crippen molar-refractivity contribution >= 4 is 33.2 Å². The minimum Gasteiger partial charge on any atom is -0.365 e. The number of halogens is 2. The summed E-state index contributed by atoms with van der Waals surface area (Å²) >= 11 is 5.61. The molecule has 3 N–H and O–H groups in total. The molecule has 0 aliphatic carbocycles. The van der Waals surface area contributed by atoms with Crippen LogP contribution >= 0.6 is 11.6 Å². The molecule has 0 spiro atoms. The Morgan fingerprint density at radius 2 is 2.11 bits per heavy atom. The third kappa shape index (κ3) is 3.33. The average molecular weight is 295 g/mol. The van der Waals surface area contributed by atoms with Gasteiger partial charge in [0.25, 0.3) is 5.91 Å². The molecule has 0 unspecified atom stereocenters. The maximum absolute atomic E-state index is 13.8. The molecule has 0 heterocycles. The Hall–Kier alpha value is -1.34. The van der Waals surface area contributed by atoms with Crippen LogP contribution in [0.3, 0.4) is 0 Å². The van der Waals surface area contributed by atoms with Gasteiger partial charge in [-0.15, -0.1) is 0 Å². The molecule has 1 aromatic carbocycles. The Morgan fingerprint density at radius 3 is 2.61 bits per heavy atom. The summed E-state index contributed by atoms with van der Waals surface area (Å²) in [5, 5.41) is -0.168. The Kier molecular flexibility index (Phi) is 4.53. The first-order chi connectivity index (χ1) is 8.28. The molecule has 1 rings (SSSR count). The number of sulfonamides is 1. The highest BCUT2D eigenvalue weighted by atomic mass is 35.5. The number of carbonyl (C=O) groups is 1. The van der Waals surface area contributed by atoms with Gasteiger partial charge in [-0.05, 0) is 18.6 Å². The van der Waals surface area contributed by atoms with Crippen LogP contribution in [0.25, 0.3) is 0 Å². The maximum Gasteiger partial charge on any atom is 0.253 e. The molecule has 0 fully saturated rings. The van der Waals surface area contributed by atoms with Gasteiger partial charge in [0.2, 0.25) is 10.0 Å². The normalized spacial score (nSPS) is 11.3. The minimum absolute atomic E-state index is 0.152. The van der Waals surface area contributed by atoms with E-state index in [1.807, 2.05) is 4.72 Å². The van der Waals surface area contributed by atoms with Crippen molar-refractivity contribution < 1.29 is 17.6 Å². The van der Waals surface area contributed by atoms with Crippen LogP contribution in [0.2, 0.25) is 5.02 Å². The summed E-state index contributed by atoms with van der Waals surface area (Å²) in [5.41, 5.74) is 4.09. The number of carbonyl (C=O) groups excluding carboxylic acids is 1. The zero-order valence-corrected chi connectivity index (χ0v) is 11.1. The lowest BCUT2D eigenvalue weighted by Gasteiger charge is -2.10. The Morgan fingerprint density at radius 1 is 1.50 bits per heavy atom. The largest absolute Gasteiger partial charge is 0.365 e. The molecule has 18 heavy (non-hydrogen) atoms. The molecule has 100 valence electrons. The summed E-state index contributed by atoms with van der Waals surface area (Å²) in [6.45, 7) is 1.67. The first-order valence-corrected chi connectivity index (χ1v) is 7.09. The first kappa shape index (κ1) is 14.7. The van der Waals surface area contributed by atoms with Crippen molar-refractivity contribution in [2.75, 3.05) is 10.5 Å². The van der Waals surface area contributed by atoms with Gasteiger partial charge in [-0.3, -0.25) is 9.52 Å². The third-order valence-electron chi connectivity index (χ3n) is 2.08. The molecule has 0 aliphatic heterocycles. The molecular formula is C10H12ClFN2O3S. The van der Waals surface area contributed by atoms with E-state index in [0.717, 1.165) is 6.07 Å². The van der Waals surface area contributed by atoms with Gasteiger partial charge >= 0.3 is 0 Å². The lowest BCUT2D eigenvalue weighted by Crippen LogP contribution is -2.19. The van der Waals surface area contributed by atoms with E-state index in [4.69, 9.17) is 17.3 Å². The van der Waals surface area contributed by atoms with Gasteiger partial charge in [-0.2, -0.15) is 0 Å². The molecule has 5 nitrogen and oxygen atoms in total. The summed E-state index contributed by atoms with van der Waals surface area (Å²) < 4.78 is 38.9. The summed E-state index contributed by atoms with van der Waals surface area (Å²) in [6.07, 6.45) is 0.382. The molecule has 0 radical (unpaired) electrons. The van der Waals surface area contributed by atoms with Gasteiger partial charge < -0.3 is 5.73 Å². The number of hydrogen-bond acceptors (Lipinski definition) is 3. The topological polar surface area (TPSA) is 89.3 Å². The molecular weight excluding hydrogens is 283 g/mol. The van der Waals surface area contributed by atoms with Crippen molar-refractivity contribution in [2.24, 2.45) is 5.73 Å². The van der Waals surface area contributed by atoms with Crippen molar-refractivity contribution in [2.45, 2.75) is 13.3 Å². The lowest BCUT2D eigenvalue weighted by atomic mass is 10.2. The molecule has 8 heteroatoms. The SMILES string of the molecule is CCCS(=O)(=O)Nc1ccc(Cl)c(C(N)=O)c1F. The predicted molar refractivity (Wildman–Crippen MR) is 67.6 cm³/mol. The van der Waals surface area contributed by atoms with Gasteiger partial charge in [0.1, 0.15) is 0 Å². The fraction of sp³-hybridized carbons (Fsp3) is 0.300. The molecule has 1 aromatic rings. The number of nitrogens with two attached hydrogens (primary N) is 1. The van der Waals surface area contributed by atoms with Crippen LogP contribution in [-0.4, -0.2) is 20.1 Å². The van der Waals surface area contributed by atoms with Crippen molar-refractivity contribution in [1.29, 1.82) is 0 Å². The summed E-state index contributed by atoms with van der Waals surface area (Å²) in [7, 11) is -3.65. The van der Waals surface area contributed by atoms with Gasteiger partial charge in [-0.25, -0.2) is 12.8 Å². The van der Waals surface area contributed by atoms with E-state index in [9.17, 15) is 17.6 Å². The second-order valence-corrected chi connectivity index (χ2v) is 5.82.